The fourth-order valence-electron chi connectivity index (χ4n) is 3.35. The maximum absolute atomic E-state index is 5.94. The molecule has 3 rings (SSSR count). The molecule has 1 heterocycles. The van der Waals surface area contributed by atoms with Crippen molar-refractivity contribution in [3.05, 3.63) is 34.9 Å². The summed E-state index contributed by atoms with van der Waals surface area (Å²) in [6.07, 6.45) is 2.75. The van der Waals surface area contributed by atoms with Gasteiger partial charge in [0.1, 0.15) is 0 Å². The lowest BCUT2D eigenvalue weighted by Gasteiger charge is -2.44. The minimum Gasteiger partial charge on any atom is -0.305 e. The summed E-state index contributed by atoms with van der Waals surface area (Å²) in [5, 5.41) is 0.845. The van der Waals surface area contributed by atoms with E-state index in [1.165, 1.54) is 31.5 Å². The number of halogens is 1. The Balaban J connectivity index is 1.96. The van der Waals surface area contributed by atoms with Gasteiger partial charge in [0.25, 0.3) is 0 Å². The molecule has 0 amide bonds. The molecule has 2 atom stereocenters. The Bertz CT molecular complexity index is 373. The third-order valence-electron chi connectivity index (χ3n) is 4.22. The summed E-state index contributed by atoms with van der Waals surface area (Å²) in [6.45, 7) is 2.49. The lowest BCUT2D eigenvalue weighted by molar-refractivity contribution is 0.182. The minimum absolute atomic E-state index is 0.458. The second kappa shape index (κ2) is 3.23. The number of nitrogens with zero attached hydrogens (tertiary/aromatic N) is 1. The summed E-state index contributed by atoms with van der Waals surface area (Å²) >= 11 is 5.94. The molecular formula is C13H16ClN. The summed E-state index contributed by atoms with van der Waals surface area (Å²) in [4.78, 5) is 2.46. The topological polar surface area (TPSA) is 3.24 Å². The van der Waals surface area contributed by atoms with Gasteiger partial charge >= 0.3 is 0 Å². The zero-order valence-corrected chi connectivity index (χ0v) is 9.80. The van der Waals surface area contributed by atoms with Gasteiger partial charge in [-0.15, -0.1) is 0 Å². The van der Waals surface area contributed by atoms with E-state index in [1.54, 1.807) is 0 Å². The highest BCUT2D eigenvalue weighted by molar-refractivity contribution is 6.30. The number of benzene rings is 1. The Kier molecular flexibility index (Phi) is 2.08. The lowest BCUT2D eigenvalue weighted by Crippen LogP contribution is -2.43. The quantitative estimate of drug-likeness (QED) is 0.705. The van der Waals surface area contributed by atoms with Crippen LogP contribution >= 0.6 is 11.6 Å². The van der Waals surface area contributed by atoms with E-state index in [4.69, 9.17) is 11.6 Å². The van der Waals surface area contributed by atoms with E-state index in [-0.39, 0.29) is 0 Å². The highest BCUT2D eigenvalue weighted by Gasteiger charge is 2.52. The predicted octanol–water partition coefficient (Wildman–Crippen LogP) is 2.93. The van der Waals surface area contributed by atoms with Crippen LogP contribution in [0.3, 0.4) is 0 Å². The zero-order valence-electron chi connectivity index (χ0n) is 9.04. The molecular weight excluding hydrogens is 206 g/mol. The van der Waals surface area contributed by atoms with Gasteiger partial charge in [-0.1, -0.05) is 23.7 Å². The maximum Gasteiger partial charge on any atom is 0.0406 e. The van der Waals surface area contributed by atoms with Gasteiger partial charge in [0.15, 0.2) is 0 Å². The number of hydrogen-bond acceptors (Lipinski definition) is 1. The molecule has 2 fully saturated rings. The van der Waals surface area contributed by atoms with Crippen LogP contribution in [-0.2, 0) is 5.41 Å². The van der Waals surface area contributed by atoms with E-state index in [0.29, 0.717) is 5.41 Å². The number of hydrogen-bond donors (Lipinski definition) is 0. The minimum atomic E-state index is 0.458. The molecule has 0 N–H and O–H groups in total. The molecule has 2 heteroatoms. The molecule has 1 aromatic carbocycles. The van der Waals surface area contributed by atoms with E-state index in [2.05, 4.69) is 24.1 Å². The summed E-state index contributed by atoms with van der Waals surface area (Å²) in [7, 11) is 2.23. The summed E-state index contributed by atoms with van der Waals surface area (Å²) in [5.74, 6) is 0.878. The van der Waals surface area contributed by atoms with Crippen LogP contribution in [0.25, 0.3) is 0 Å². The lowest BCUT2D eigenvalue weighted by atomic mass is 9.59. The number of rotatable bonds is 1. The van der Waals surface area contributed by atoms with E-state index in [0.717, 1.165) is 10.9 Å². The van der Waals surface area contributed by atoms with Gasteiger partial charge in [0.05, 0.1) is 0 Å². The molecule has 2 aliphatic rings. The van der Waals surface area contributed by atoms with Crippen LogP contribution < -0.4 is 0 Å². The first-order valence-electron chi connectivity index (χ1n) is 5.65. The Labute approximate surface area is 96.0 Å². The largest absolute Gasteiger partial charge is 0.305 e. The van der Waals surface area contributed by atoms with Crippen molar-refractivity contribution >= 4 is 11.6 Å². The fourth-order valence-corrected chi connectivity index (χ4v) is 3.47. The zero-order chi connectivity index (χ0) is 10.5. The van der Waals surface area contributed by atoms with Crippen LogP contribution in [0.1, 0.15) is 18.4 Å². The fraction of sp³-hybridized carbons (Fsp3) is 0.538. The van der Waals surface area contributed by atoms with Crippen LogP contribution in [0.15, 0.2) is 24.3 Å². The summed E-state index contributed by atoms with van der Waals surface area (Å²) in [5.41, 5.74) is 1.95. The molecule has 1 nitrogen and oxygen atoms in total. The Morgan fingerprint density at radius 2 is 2.07 bits per heavy atom. The number of likely N-dealkylation sites (tertiary alicyclic amines) is 1. The standard InChI is InChI=1S/C13H16ClN/c1-15-8-11-6-7-13(11,9-15)10-2-4-12(14)5-3-10/h2-5,11H,6-9H2,1H3. The van der Waals surface area contributed by atoms with Crippen LogP contribution in [-0.4, -0.2) is 25.0 Å². The van der Waals surface area contributed by atoms with Crippen LogP contribution in [0.2, 0.25) is 5.02 Å². The summed E-state index contributed by atoms with van der Waals surface area (Å²) < 4.78 is 0. The van der Waals surface area contributed by atoms with Crippen molar-refractivity contribution in [2.24, 2.45) is 5.92 Å². The number of fused-ring (bicyclic) bond motifs is 1. The molecule has 2 unspecified atom stereocenters. The molecule has 1 saturated heterocycles. The molecule has 0 spiro atoms. The average molecular weight is 222 g/mol. The Morgan fingerprint density at radius 3 is 2.60 bits per heavy atom. The van der Waals surface area contributed by atoms with E-state index in [9.17, 15) is 0 Å². The molecule has 0 radical (unpaired) electrons. The molecule has 1 aliphatic heterocycles. The van der Waals surface area contributed by atoms with Crippen molar-refractivity contribution in [2.45, 2.75) is 18.3 Å². The van der Waals surface area contributed by atoms with Crippen molar-refractivity contribution in [3.8, 4) is 0 Å². The molecule has 1 saturated carbocycles. The SMILES string of the molecule is CN1CC2CCC2(c2ccc(Cl)cc2)C1. The van der Waals surface area contributed by atoms with E-state index >= 15 is 0 Å². The van der Waals surface area contributed by atoms with Crippen molar-refractivity contribution in [2.75, 3.05) is 20.1 Å². The van der Waals surface area contributed by atoms with Gasteiger partial charge in [0.2, 0.25) is 0 Å². The monoisotopic (exact) mass is 221 g/mol. The molecule has 80 valence electrons. The highest BCUT2D eigenvalue weighted by Crippen LogP contribution is 2.53. The van der Waals surface area contributed by atoms with E-state index in [1.807, 2.05) is 12.1 Å². The first kappa shape index (κ1) is 9.68. The smallest absolute Gasteiger partial charge is 0.0406 e. The van der Waals surface area contributed by atoms with Crippen molar-refractivity contribution < 1.29 is 0 Å². The first-order valence-corrected chi connectivity index (χ1v) is 6.03. The molecule has 0 bridgehead atoms. The molecule has 0 aromatic heterocycles. The normalized spacial score (nSPS) is 34.9. The van der Waals surface area contributed by atoms with Gasteiger partial charge in [-0.05, 0) is 43.5 Å². The second-order valence-electron chi connectivity index (χ2n) is 5.10. The number of likely N-dealkylation sites (N-methyl/N-ethyl adjacent to an activating group) is 1. The summed E-state index contributed by atoms with van der Waals surface area (Å²) in [6, 6.07) is 8.49. The molecule has 1 aliphatic carbocycles. The van der Waals surface area contributed by atoms with Crippen molar-refractivity contribution in [1.82, 2.24) is 4.90 Å². The van der Waals surface area contributed by atoms with Gasteiger partial charge in [-0.2, -0.15) is 0 Å². The van der Waals surface area contributed by atoms with Gasteiger partial charge in [-0.25, -0.2) is 0 Å². The van der Waals surface area contributed by atoms with Gasteiger partial charge < -0.3 is 4.90 Å². The van der Waals surface area contributed by atoms with Crippen LogP contribution in [0.4, 0.5) is 0 Å². The van der Waals surface area contributed by atoms with Crippen LogP contribution in [0.5, 0.6) is 0 Å². The Morgan fingerprint density at radius 1 is 1.33 bits per heavy atom. The predicted molar refractivity (Wildman–Crippen MR) is 63.4 cm³/mol. The first-order chi connectivity index (χ1) is 7.21. The third kappa shape index (κ3) is 1.33. The second-order valence-corrected chi connectivity index (χ2v) is 5.53. The van der Waals surface area contributed by atoms with Gasteiger partial charge in [-0.3, -0.25) is 0 Å². The highest BCUT2D eigenvalue weighted by atomic mass is 35.5. The maximum atomic E-state index is 5.94. The average Bonchev–Trinajstić information content (AvgIpc) is 2.43. The van der Waals surface area contributed by atoms with Crippen molar-refractivity contribution in [1.29, 1.82) is 0 Å². The van der Waals surface area contributed by atoms with Gasteiger partial charge in [0, 0.05) is 23.5 Å². The third-order valence-corrected chi connectivity index (χ3v) is 4.48. The van der Waals surface area contributed by atoms with Crippen LogP contribution in [0, 0.1) is 5.92 Å². The van der Waals surface area contributed by atoms with Crippen molar-refractivity contribution in [3.63, 3.8) is 0 Å². The molecule has 15 heavy (non-hydrogen) atoms. The Hall–Kier alpha value is -0.530. The van der Waals surface area contributed by atoms with E-state index < -0.39 is 0 Å². The molecule has 1 aromatic rings.